The van der Waals surface area contributed by atoms with Gasteiger partial charge in [0.15, 0.2) is 0 Å². The Balaban J connectivity index is 2.07. The number of hydrogen-bond donors (Lipinski definition) is 2. The van der Waals surface area contributed by atoms with Crippen LogP contribution in [0.25, 0.3) is 0 Å². The maximum absolute atomic E-state index is 5.54. The lowest BCUT2D eigenvalue weighted by Crippen LogP contribution is -2.10. The fraction of sp³-hybridized carbons (Fsp3) is 0.182. The van der Waals surface area contributed by atoms with Crippen LogP contribution < -0.4 is 16.2 Å². The third kappa shape index (κ3) is 3.22. The zero-order valence-electron chi connectivity index (χ0n) is 10.6. The molecule has 8 heteroatoms. The van der Waals surface area contributed by atoms with E-state index >= 15 is 0 Å². The third-order valence-electron chi connectivity index (χ3n) is 2.40. The summed E-state index contributed by atoms with van der Waals surface area (Å²) in [5.74, 6) is 5.91. The lowest BCUT2D eigenvalue weighted by atomic mass is 10.2. The number of hydrazone groups is 1. The van der Waals surface area contributed by atoms with E-state index in [1.165, 1.54) is 11.0 Å². The van der Waals surface area contributed by atoms with Gasteiger partial charge in [0.2, 0.25) is 0 Å². The van der Waals surface area contributed by atoms with Gasteiger partial charge in [0, 0.05) is 18.6 Å². The first-order valence-corrected chi connectivity index (χ1v) is 6.28. The molecule has 0 fully saturated rings. The van der Waals surface area contributed by atoms with Gasteiger partial charge in [-0.1, -0.05) is 6.07 Å². The average molecular weight is 324 g/mol. The largest absolute Gasteiger partial charge is 0.377 e. The van der Waals surface area contributed by atoms with Gasteiger partial charge in [-0.2, -0.15) is 5.10 Å². The highest BCUT2D eigenvalue weighted by Crippen LogP contribution is 2.25. The summed E-state index contributed by atoms with van der Waals surface area (Å²) in [6, 6.07) is 5.96. The normalized spacial score (nSPS) is 10.9. The van der Waals surface area contributed by atoms with Crippen molar-refractivity contribution < 1.29 is 0 Å². The smallest absolute Gasteiger partial charge is 0.263 e. The van der Waals surface area contributed by atoms with Crippen molar-refractivity contribution in [3.05, 3.63) is 34.6 Å². The molecule has 2 rings (SSSR count). The number of benzene rings is 1. The number of anilines is 2. The van der Waals surface area contributed by atoms with Gasteiger partial charge < -0.3 is 10.7 Å². The highest BCUT2D eigenvalue weighted by atomic mass is 79.9. The SMILES string of the molecule is CN(C)c1ccc(/C=N\Nc2nncn2N)cc1Br. The van der Waals surface area contributed by atoms with Crippen molar-refractivity contribution in [3.63, 3.8) is 0 Å². The van der Waals surface area contributed by atoms with Crippen LogP contribution in [0.4, 0.5) is 11.6 Å². The standard InChI is InChI=1S/C11H14BrN7/c1-18(2)10-4-3-8(5-9(10)12)6-14-16-11-17-15-7-19(11)13/h3-7H,13H2,1-2H3,(H,16,17)/b14-6-. The molecule has 0 spiro atoms. The molecule has 0 aliphatic heterocycles. The van der Waals surface area contributed by atoms with Crippen LogP contribution in [-0.4, -0.2) is 35.2 Å². The van der Waals surface area contributed by atoms with E-state index in [0.717, 1.165) is 15.7 Å². The summed E-state index contributed by atoms with van der Waals surface area (Å²) in [4.78, 5) is 2.03. The van der Waals surface area contributed by atoms with E-state index in [0.29, 0.717) is 5.95 Å². The van der Waals surface area contributed by atoms with E-state index < -0.39 is 0 Å². The van der Waals surface area contributed by atoms with Gasteiger partial charge in [-0.05, 0) is 33.6 Å². The molecular weight excluding hydrogens is 310 g/mol. The summed E-state index contributed by atoms with van der Waals surface area (Å²) in [5, 5.41) is 11.4. The minimum Gasteiger partial charge on any atom is -0.377 e. The highest BCUT2D eigenvalue weighted by Gasteiger charge is 2.02. The minimum absolute atomic E-state index is 0.375. The molecule has 0 saturated heterocycles. The first kappa shape index (κ1) is 13.3. The molecule has 2 aromatic rings. The average Bonchev–Trinajstić information content (AvgIpc) is 2.75. The molecule has 7 nitrogen and oxygen atoms in total. The fourth-order valence-electron chi connectivity index (χ4n) is 1.45. The van der Waals surface area contributed by atoms with Crippen molar-refractivity contribution >= 4 is 33.8 Å². The summed E-state index contributed by atoms with van der Waals surface area (Å²) in [6.45, 7) is 0. The molecule has 3 N–H and O–H groups in total. The van der Waals surface area contributed by atoms with Crippen LogP contribution in [0, 0.1) is 0 Å². The van der Waals surface area contributed by atoms with E-state index in [1.54, 1.807) is 6.21 Å². The van der Waals surface area contributed by atoms with E-state index in [1.807, 2.05) is 37.2 Å². The molecule has 100 valence electrons. The molecule has 0 aliphatic rings. The summed E-state index contributed by atoms with van der Waals surface area (Å²) in [7, 11) is 3.98. The van der Waals surface area contributed by atoms with Crippen LogP contribution in [-0.2, 0) is 0 Å². The number of nitrogens with zero attached hydrogens (tertiary/aromatic N) is 5. The zero-order chi connectivity index (χ0) is 13.8. The molecule has 0 radical (unpaired) electrons. The summed E-state index contributed by atoms with van der Waals surface area (Å²) >= 11 is 3.52. The Kier molecular flexibility index (Phi) is 4.00. The van der Waals surface area contributed by atoms with Crippen molar-refractivity contribution in [1.82, 2.24) is 14.9 Å². The van der Waals surface area contributed by atoms with Crippen LogP contribution in [0.2, 0.25) is 0 Å². The second-order valence-electron chi connectivity index (χ2n) is 4.04. The summed E-state index contributed by atoms with van der Waals surface area (Å²) in [5.41, 5.74) is 4.76. The number of halogens is 1. The Hall–Kier alpha value is -2.09. The summed E-state index contributed by atoms with van der Waals surface area (Å²) < 4.78 is 2.26. The second kappa shape index (κ2) is 5.70. The lowest BCUT2D eigenvalue weighted by Gasteiger charge is -2.14. The molecule has 0 bridgehead atoms. The number of aromatic nitrogens is 3. The summed E-state index contributed by atoms with van der Waals surface area (Å²) in [6.07, 6.45) is 3.07. The second-order valence-corrected chi connectivity index (χ2v) is 4.89. The molecule has 0 atom stereocenters. The number of rotatable bonds is 4. The molecule has 0 aliphatic carbocycles. The first-order valence-electron chi connectivity index (χ1n) is 5.49. The van der Waals surface area contributed by atoms with E-state index in [2.05, 4.69) is 36.7 Å². The van der Waals surface area contributed by atoms with Crippen LogP contribution in [0.5, 0.6) is 0 Å². The van der Waals surface area contributed by atoms with Gasteiger partial charge in [-0.3, -0.25) is 0 Å². The number of nitrogens with one attached hydrogen (secondary N) is 1. The maximum Gasteiger partial charge on any atom is 0.263 e. The van der Waals surface area contributed by atoms with Gasteiger partial charge in [-0.25, -0.2) is 10.1 Å². The predicted octanol–water partition coefficient (Wildman–Crippen LogP) is 1.27. The Morgan fingerprint density at radius 1 is 1.47 bits per heavy atom. The van der Waals surface area contributed by atoms with Crippen molar-refractivity contribution in [1.29, 1.82) is 0 Å². The van der Waals surface area contributed by atoms with Crippen LogP contribution in [0.1, 0.15) is 5.56 Å². The Morgan fingerprint density at radius 3 is 2.84 bits per heavy atom. The Labute approximate surface area is 119 Å². The molecule has 0 amide bonds. The van der Waals surface area contributed by atoms with Crippen LogP contribution in [0.15, 0.2) is 34.1 Å². The Morgan fingerprint density at radius 2 is 2.26 bits per heavy atom. The van der Waals surface area contributed by atoms with Crippen molar-refractivity contribution in [2.45, 2.75) is 0 Å². The van der Waals surface area contributed by atoms with Crippen molar-refractivity contribution in [3.8, 4) is 0 Å². The molecular formula is C11H14BrN7. The topological polar surface area (TPSA) is 84.4 Å². The van der Waals surface area contributed by atoms with Gasteiger partial charge >= 0.3 is 0 Å². The van der Waals surface area contributed by atoms with E-state index in [-0.39, 0.29) is 0 Å². The molecule has 0 saturated carbocycles. The monoisotopic (exact) mass is 323 g/mol. The van der Waals surface area contributed by atoms with Crippen molar-refractivity contribution in [2.75, 3.05) is 30.3 Å². The minimum atomic E-state index is 0.375. The fourth-order valence-corrected chi connectivity index (χ4v) is 2.20. The first-order chi connectivity index (χ1) is 9.08. The Bertz CT molecular complexity index is 590. The molecule has 0 unspecified atom stereocenters. The predicted molar refractivity (Wildman–Crippen MR) is 79.9 cm³/mol. The number of nitrogens with two attached hydrogens (primary N) is 1. The molecule has 1 aromatic heterocycles. The third-order valence-corrected chi connectivity index (χ3v) is 3.04. The van der Waals surface area contributed by atoms with Gasteiger partial charge in [0.1, 0.15) is 6.33 Å². The molecule has 19 heavy (non-hydrogen) atoms. The highest BCUT2D eigenvalue weighted by molar-refractivity contribution is 9.10. The number of nitrogen functional groups attached to an aromatic ring is 1. The van der Waals surface area contributed by atoms with Crippen molar-refractivity contribution in [2.24, 2.45) is 5.10 Å². The maximum atomic E-state index is 5.54. The molecule has 1 heterocycles. The molecule has 1 aromatic carbocycles. The van der Waals surface area contributed by atoms with E-state index in [9.17, 15) is 0 Å². The van der Waals surface area contributed by atoms with Gasteiger partial charge in [0.05, 0.1) is 11.9 Å². The van der Waals surface area contributed by atoms with Crippen LogP contribution in [0.3, 0.4) is 0 Å². The number of hydrogen-bond acceptors (Lipinski definition) is 6. The van der Waals surface area contributed by atoms with Gasteiger partial charge in [0.25, 0.3) is 5.95 Å². The zero-order valence-corrected chi connectivity index (χ0v) is 12.2. The quantitative estimate of drug-likeness (QED) is 0.503. The lowest BCUT2D eigenvalue weighted by molar-refractivity contribution is 0.988. The van der Waals surface area contributed by atoms with Crippen LogP contribution >= 0.6 is 15.9 Å². The van der Waals surface area contributed by atoms with E-state index in [4.69, 9.17) is 5.84 Å². The van der Waals surface area contributed by atoms with Gasteiger partial charge in [-0.15, -0.1) is 10.2 Å².